The first-order valence-electron chi connectivity index (χ1n) is 7.68. The second kappa shape index (κ2) is 8.53. The molecule has 0 bridgehead atoms. The van der Waals surface area contributed by atoms with Crippen LogP contribution in [0.2, 0.25) is 0 Å². The normalized spacial score (nSPS) is 10.8. The third kappa shape index (κ3) is 5.69. The highest BCUT2D eigenvalue weighted by Gasteiger charge is 2.04. The van der Waals surface area contributed by atoms with Crippen molar-refractivity contribution in [2.75, 3.05) is 11.9 Å². The molecule has 0 spiro atoms. The number of hydrogen-bond acceptors (Lipinski definition) is 6. The number of non-ortho nitro benzene ring substituents is 1. The molecule has 0 amide bonds. The number of carboxylic acids is 1. The van der Waals surface area contributed by atoms with Crippen LogP contribution in [-0.2, 0) is 4.79 Å². The maximum Gasteiger partial charge on any atom is 0.303 e. The molecule has 0 atom stereocenters. The lowest BCUT2D eigenvalue weighted by molar-refractivity contribution is -0.384. The van der Waals surface area contributed by atoms with Crippen molar-refractivity contribution in [3.8, 4) is 0 Å². The molecule has 0 aliphatic rings. The van der Waals surface area contributed by atoms with Gasteiger partial charge in [0.05, 0.1) is 16.3 Å². The molecule has 0 aliphatic carbocycles. The lowest BCUT2D eigenvalue weighted by atomic mass is 10.1. The molecular formula is C17H18N4O4. The zero-order chi connectivity index (χ0) is 18.2. The SMILES string of the molecule is Cc1cc(N=Nc2ccc([N+](=O)[O-])cc2)ccc1NCCCC(=O)O. The standard InChI is InChI=1S/C17H18N4O4/c1-12-11-14(6-9-16(12)18-10-2-3-17(22)23)20-19-13-4-7-15(8-5-13)21(24)25/h4-9,11,18H,2-3,10H2,1H3,(H,22,23). The minimum atomic E-state index is -0.805. The van der Waals surface area contributed by atoms with E-state index in [1.807, 2.05) is 19.1 Å². The summed E-state index contributed by atoms with van der Waals surface area (Å²) in [6, 6.07) is 11.3. The first kappa shape index (κ1) is 18.1. The van der Waals surface area contributed by atoms with E-state index in [9.17, 15) is 14.9 Å². The monoisotopic (exact) mass is 342 g/mol. The van der Waals surface area contributed by atoms with E-state index < -0.39 is 10.9 Å². The van der Waals surface area contributed by atoms with E-state index in [-0.39, 0.29) is 12.1 Å². The molecule has 130 valence electrons. The minimum absolute atomic E-state index is 0.00752. The van der Waals surface area contributed by atoms with Crippen molar-refractivity contribution >= 4 is 28.7 Å². The zero-order valence-electron chi connectivity index (χ0n) is 13.7. The van der Waals surface area contributed by atoms with Gasteiger partial charge in [-0.25, -0.2) is 0 Å². The molecule has 0 aliphatic heterocycles. The Balaban J connectivity index is 1.97. The number of nitrogens with one attached hydrogen (secondary N) is 1. The number of aliphatic carboxylic acids is 1. The fraction of sp³-hybridized carbons (Fsp3) is 0.235. The summed E-state index contributed by atoms with van der Waals surface area (Å²) in [5.41, 5.74) is 3.08. The van der Waals surface area contributed by atoms with Crippen LogP contribution in [0.25, 0.3) is 0 Å². The zero-order valence-corrected chi connectivity index (χ0v) is 13.7. The summed E-state index contributed by atoms with van der Waals surface area (Å²) in [6.07, 6.45) is 0.684. The predicted octanol–water partition coefficient (Wildman–Crippen LogP) is 4.60. The van der Waals surface area contributed by atoms with Crippen LogP contribution >= 0.6 is 0 Å². The quantitative estimate of drug-likeness (QED) is 0.315. The van der Waals surface area contributed by atoms with Crippen LogP contribution in [-0.4, -0.2) is 22.5 Å². The number of nitro benzene ring substituents is 1. The van der Waals surface area contributed by atoms with Gasteiger partial charge in [-0.05, 0) is 49.2 Å². The Morgan fingerprint density at radius 2 is 1.80 bits per heavy atom. The Bertz CT molecular complexity index is 788. The van der Waals surface area contributed by atoms with Gasteiger partial charge in [0.15, 0.2) is 0 Å². The van der Waals surface area contributed by atoms with Crippen molar-refractivity contribution in [2.24, 2.45) is 10.2 Å². The number of carboxylic acid groups (broad SMARTS) is 1. The van der Waals surface area contributed by atoms with E-state index in [1.54, 1.807) is 6.07 Å². The molecule has 0 fully saturated rings. The molecule has 8 nitrogen and oxygen atoms in total. The van der Waals surface area contributed by atoms with Crippen molar-refractivity contribution in [3.63, 3.8) is 0 Å². The number of carbonyl (C=O) groups is 1. The number of benzene rings is 2. The molecule has 2 aromatic rings. The summed E-state index contributed by atoms with van der Waals surface area (Å²) in [5.74, 6) is -0.805. The Labute approximate surface area is 144 Å². The number of hydrogen-bond donors (Lipinski definition) is 2. The second-order valence-corrected chi connectivity index (χ2v) is 5.40. The van der Waals surface area contributed by atoms with Gasteiger partial charge < -0.3 is 10.4 Å². The van der Waals surface area contributed by atoms with Crippen LogP contribution < -0.4 is 5.32 Å². The number of nitrogens with zero attached hydrogens (tertiary/aromatic N) is 3. The molecule has 0 heterocycles. The van der Waals surface area contributed by atoms with Gasteiger partial charge in [-0.15, -0.1) is 0 Å². The first-order valence-corrected chi connectivity index (χ1v) is 7.68. The molecule has 2 aromatic carbocycles. The molecule has 2 rings (SSSR count). The van der Waals surface area contributed by atoms with E-state index >= 15 is 0 Å². The fourth-order valence-electron chi connectivity index (χ4n) is 2.13. The lowest BCUT2D eigenvalue weighted by Gasteiger charge is -2.09. The van der Waals surface area contributed by atoms with E-state index in [2.05, 4.69) is 15.5 Å². The van der Waals surface area contributed by atoms with Gasteiger partial charge in [0.25, 0.3) is 5.69 Å². The molecule has 2 N–H and O–H groups in total. The fourth-order valence-corrected chi connectivity index (χ4v) is 2.13. The molecule has 8 heteroatoms. The van der Waals surface area contributed by atoms with Gasteiger partial charge >= 0.3 is 5.97 Å². The van der Waals surface area contributed by atoms with Crippen molar-refractivity contribution in [2.45, 2.75) is 19.8 Å². The van der Waals surface area contributed by atoms with Crippen molar-refractivity contribution in [1.82, 2.24) is 0 Å². The van der Waals surface area contributed by atoms with Crippen molar-refractivity contribution in [1.29, 1.82) is 0 Å². The number of anilines is 1. The minimum Gasteiger partial charge on any atom is -0.481 e. The van der Waals surface area contributed by atoms with Gasteiger partial charge in [0, 0.05) is 30.8 Å². The van der Waals surface area contributed by atoms with Crippen LogP contribution in [0.1, 0.15) is 18.4 Å². The van der Waals surface area contributed by atoms with Crippen molar-refractivity contribution < 1.29 is 14.8 Å². The molecule has 0 radical (unpaired) electrons. The predicted molar refractivity (Wildman–Crippen MR) is 93.8 cm³/mol. The van der Waals surface area contributed by atoms with E-state index in [1.165, 1.54) is 24.3 Å². The average Bonchev–Trinajstić information content (AvgIpc) is 2.58. The third-order valence-corrected chi connectivity index (χ3v) is 3.43. The third-order valence-electron chi connectivity index (χ3n) is 3.43. The number of nitro groups is 1. The Morgan fingerprint density at radius 1 is 1.16 bits per heavy atom. The molecule has 0 saturated heterocycles. The molecule has 25 heavy (non-hydrogen) atoms. The number of rotatable bonds is 8. The van der Waals surface area contributed by atoms with E-state index in [4.69, 9.17) is 5.11 Å². The summed E-state index contributed by atoms with van der Waals surface area (Å²) < 4.78 is 0. The molecule has 0 unspecified atom stereocenters. The van der Waals surface area contributed by atoms with Gasteiger partial charge in [-0.2, -0.15) is 10.2 Å². The van der Waals surface area contributed by atoms with Gasteiger partial charge in [0.2, 0.25) is 0 Å². The summed E-state index contributed by atoms with van der Waals surface area (Å²) in [4.78, 5) is 20.6. The molecule has 0 saturated carbocycles. The highest BCUT2D eigenvalue weighted by atomic mass is 16.6. The highest BCUT2D eigenvalue weighted by Crippen LogP contribution is 2.25. The van der Waals surface area contributed by atoms with Crippen molar-refractivity contribution in [3.05, 3.63) is 58.1 Å². The topological polar surface area (TPSA) is 117 Å². The molecule has 0 aromatic heterocycles. The van der Waals surface area contributed by atoms with Gasteiger partial charge in [-0.1, -0.05) is 0 Å². The van der Waals surface area contributed by atoms with Gasteiger partial charge in [-0.3, -0.25) is 14.9 Å². The second-order valence-electron chi connectivity index (χ2n) is 5.40. The van der Waals surface area contributed by atoms with E-state index in [0.717, 1.165) is 11.3 Å². The van der Waals surface area contributed by atoms with Crippen LogP contribution in [0.5, 0.6) is 0 Å². The number of azo groups is 1. The summed E-state index contributed by atoms with van der Waals surface area (Å²) in [6.45, 7) is 2.50. The Morgan fingerprint density at radius 3 is 2.40 bits per heavy atom. The number of aryl methyl sites for hydroxylation is 1. The summed E-state index contributed by atoms with van der Waals surface area (Å²) in [7, 11) is 0. The smallest absolute Gasteiger partial charge is 0.303 e. The Kier molecular flexibility index (Phi) is 6.16. The maximum atomic E-state index is 10.6. The molecular weight excluding hydrogens is 324 g/mol. The summed E-state index contributed by atoms with van der Waals surface area (Å²) in [5, 5.41) is 30.6. The van der Waals surface area contributed by atoms with Crippen LogP contribution in [0, 0.1) is 17.0 Å². The first-order chi connectivity index (χ1) is 12.0. The lowest BCUT2D eigenvalue weighted by Crippen LogP contribution is -2.05. The average molecular weight is 342 g/mol. The Hall–Kier alpha value is -3.29. The highest BCUT2D eigenvalue weighted by molar-refractivity contribution is 5.66. The maximum absolute atomic E-state index is 10.6. The summed E-state index contributed by atoms with van der Waals surface area (Å²) >= 11 is 0. The van der Waals surface area contributed by atoms with E-state index in [0.29, 0.717) is 24.3 Å². The van der Waals surface area contributed by atoms with Crippen LogP contribution in [0.4, 0.5) is 22.7 Å². The largest absolute Gasteiger partial charge is 0.481 e. The van der Waals surface area contributed by atoms with Crippen LogP contribution in [0.3, 0.4) is 0 Å². The van der Waals surface area contributed by atoms with Gasteiger partial charge in [0.1, 0.15) is 0 Å². The van der Waals surface area contributed by atoms with Crippen LogP contribution in [0.15, 0.2) is 52.7 Å².